The van der Waals surface area contributed by atoms with Crippen LogP contribution in [0.25, 0.3) is 0 Å². The number of carbonyl (C=O) groups excluding carboxylic acids is 4. The number of imide groups is 1. The maximum Gasteiger partial charge on any atom is 0.330 e. The molecule has 6 nitrogen and oxygen atoms in total. The fourth-order valence-corrected chi connectivity index (χ4v) is 3.82. The summed E-state index contributed by atoms with van der Waals surface area (Å²) in [7, 11) is 0. The Hall–Kier alpha value is -3.13. The molecule has 2 aromatic rings. The van der Waals surface area contributed by atoms with Crippen LogP contribution in [0.3, 0.4) is 0 Å². The number of carbonyl (C=O) groups is 4. The lowest BCUT2D eigenvalue weighted by Gasteiger charge is -2.29. The molecule has 2 aliphatic rings. The second-order valence-corrected chi connectivity index (χ2v) is 7.94. The maximum atomic E-state index is 14.5. The molecule has 1 N–H and O–H groups in total. The Bertz CT molecular complexity index is 1240. The third-order valence-corrected chi connectivity index (χ3v) is 5.66. The fraction of sp³-hybridized carbons (Fsp3) is 0.304. The Morgan fingerprint density at radius 2 is 1.91 bits per heavy atom. The van der Waals surface area contributed by atoms with Crippen LogP contribution in [-0.2, 0) is 33.3 Å². The van der Waals surface area contributed by atoms with Gasteiger partial charge in [-0.1, -0.05) is 35.9 Å². The highest BCUT2D eigenvalue weighted by atomic mass is 35.5. The van der Waals surface area contributed by atoms with E-state index in [4.69, 9.17) is 15.7 Å². The molecule has 32 heavy (non-hydrogen) atoms. The molecule has 2 unspecified atom stereocenters. The number of rotatable bonds is 6. The van der Waals surface area contributed by atoms with Gasteiger partial charge < -0.3 is 4.90 Å². The van der Waals surface area contributed by atoms with E-state index in [1.54, 1.807) is 6.07 Å². The second kappa shape index (κ2) is 8.43. The zero-order valence-corrected chi connectivity index (χ0v) is 17.3. The van der Waals surface area contributed by atoms with Gasteiger partial charge in [-0.05, 0) is 42.1 Å². The molecule has 0 saturated carbocycles. The molecule has 2 atom stereocenters. The number of ketones is 1. The number of hydrogen-bond donors (Lipinski definition) is 1. The van der Waals surface area contributed by atoms with Gasteiger partial charge in [-0.15, -0.1) is 0 Å². The van der Waals surface area contributed by atoms with Crippen LogP contribution in [0.1, 0.15) is 50.4 Å². The van der Waals surface area contributed by atoms with Crippen molar-refractivity contribution in [3.8, 4) is 0 Å². The monoisotopic (exact) mass is 463 g/mol. The van der Waals surface area contributed by atoms with Crippen molar-refractivity contribution in [2.75, 3.05) is 0 Å². The van der Waals surface area contributed by atoms with Crippen molar-refractivity contribution in [3.63, 3.8) is 0 Å². The summed E-state index contributed by atoms with van der Waals surface area (Å²) in [6.45, 7) is -0.130. The van der Waals surface area contributed by atoms with Gasteiger partial charge in [0.25, 0.3) is 5.91 Å². The number of aryl methyl sites for hydroxylation is 1. The number of nitrogens with one attached hydrogen (secondary N) is 1. The summed E-state index contributed by atoms with van der Waals surface area (Å²) in [5.74, 6) is -7.76. The zero-order chi connectivity index (χ0) is 25.7. The molecule has 3 amide bonds. The number of nitrogens with zero attached hydrogens (tertiary/aromatic N) is 1. The highest BCUT2D eigenvalue weighted by Gasteiger charge is 2.41. The Morgan fingerprint density at radius 3 is 2.62 bits per heavy atom. The van der Waals surface area contributed by atoms with E-state index in [2.05, 4.69) is 0 Å². The SMILES string of the molecule is [2H]C1C(N2Cc3cc(CCC(=O)C(F)(F)c4ccc(Cl)cc4)ccc3C2=O)C(=O)NC(=O)C1([2H])[2H]. The molecule has 1 fully saturated rings. The molecule has 2 heterocycles. The van der Waals surface area contributed by atoms with Crippen LogP contribution in [0.5, 0.6) is 0 Å². The number of amides is 3. The fourth-order valence-electron chi connectivity index (χ4n) is 3.70. The average Bonchev–Trinajstić information content (AvgIpc) is 3.12. The Kier molecular flexibility index (Phi) is 4.86. The van der Waals surface area contributed by atoms with E-state index in [-0.39, 0.29) is 23.6 Å². The van der Waals surface area contributed by atoms with E-state index in [1.807, 2.05) is 5.32 Å². The van der Waals surface area contributed by atoms with Crippen molar-refractivity contribution in [2.24, 2.45) is 0 Å². The quantitative estimate of drug-likeness (QED) is 0.665. The number of halogens is 3. The minimum Gasteiger partial charge on any atom is -0.322 e. The number of Topliss-reactive ketones (excluding diaryl/α,β-unsaturated/α-hetero) is 1. The molecule has 2 aromatic carbocycles. The summed E-state index contributed by atoms with van der Waals surface area (Å²) in [4.78, 5) is 50.2. The Labute approximate surface area is 191 Å². The molecule has 0 aromatic heterocycles. The number of alkyl halides is 2. The Balaban J connectivity index is 1.48. The molecule has 166 valence electrons. The van der Waals surface area contributed by atoms with Crippen LogP contribution < -0.4 is 5.32 Å². The molecule has 1 saturated heterocycles. The first-order valence-corrected chi connectivity index (χ1v) is 10.1. The zero-order valence-electron chi connectivity index (χ0n) is 19.5. The van der Waals surface area contributed by atoms with E-state index in [0.29, 0.717) is 11.1 Å². The van der Waals surface area contributed by atoms with Crippen molar-refractivity contribution in [1.82, 2.24) is 10.2 Å². The predicted molar refractivity (Wildman–Crippen MR) is 111 cm³/mol. The van der Waals surface area contributed by atoms with E-state index in [0.717, 1.165) is 17.0 Å². The molecule has 4 rings (SSSR count). The van der Waals surface area contributed by atoms with Crippen molar-refractivity contribution >= 4 is 35.1 Å². The van der Waals surface area contributed by atoms with Gasteiger partial charge in [-0.3, -0.25) is 24.5 Å². The van der Waals surface area contributed by atoms with Gasteiger partial charge in [-0.25, -0.2) is 0 Å². The number of benzene rings is 2. The Morgan fingerprint density at radius 1 is 1.19 bits per heavy atom. The first-order valence-electron chi connectivity index (χ1n) is 11.3. The lowest BCUT2D eigenvalue weighted by atomic mass is 9.97. The van der Waals surface area contributed by atoms with Gasteiger partial charge in [-0.2, -0.15) is 8.78 Å². The summed E-state index contributed by atoms with van der Waals surface area (Å²) in [5, 5.41) is 2.13. The molecule has 0 spiro atoms. The highest BCUT2D eigenvalue weighted by Crippen LogP contribution is 2.32. The van der Waals surface area contributed by atoms with Gasteiger partial charge in [0.15, 0.2) is 0 Å². The lowest BCUT2D eigenvalue weighted by Crippen LogP contribution is -2.52. The first kappa shape index (κ1) is 18.4. The smallest absolute Gasteiger partial charge is 0.322 e. The average molecular weight is 464 g/mol. The largest absolute Gasteiger partial charge is 0.330 e. The van der Waals surface area contributed by atoms with Crippen molar-refractivity contribution in [3.05, 3.63) is 69.7 Å². The van der Waals surface area contributed by atoms with E-state index in [1.165, 1.54) is 24.3 Å². The first-order chi connectivity index (χ1) is 16.3. The highest BCUT2D eigenvalue weighted by molar-refractivity contribution is 6.30. The molecule has 2 aliphatic heterocycles. The van der Waals surface area contributed by atoms with Crippen LogP contribution in [0.2, 0.25) is 5.02 Å². The standard InChI is InChI=1S/C23H19ClF2N2O4/c24-16-5-3-15(4-6-16)23(25,26)19(29)9-2-13-1-7-17-14(11-13)12-28(22(17)32)18-8-10-20(30)27-21(18)31/h1,3-7,11,18H,2,8-10,12H2,(H,27,30,31)/i8D,10D2. The summed E-state index contributed by atoms with van der Waals surface area (Å²) in [6.07, 6.45) is -4.98. The normalized spacial score (nSPS) is 23.8. The minimum atomic E-state index is -3.69. The summed E-state index contributed by atoms with van der Waals surface area (Å²) in [6, 6.07) is 7.71. The third kappa shape index (κ3) is 4.14. The predicted octanol–water partition coefficient (Wildman–Crippen LogP) is 3.39. The summed E-state index contributed by atoms with van der Waals surface area (Å²) in [5.41, 5.74) is 0.710. The second-order valence-electron chi connectivity index (χ2n) is 7.50. The van der Waals surface area contributed by atoms with Crippen LogP contribution in [0.15, 0.2) is 42.5 Å². The molecular weight excluding hydrogens is 442 g/mol. The van der Waals surface area contributed by atoms with Crippen LogP contribution in [0.4, 0.5) is 8.78 Å². The van der Waals surface area contributed by atoms with Crippen molar-refractivity contribution in [2.45, 2.75) is 44.1 Å². The summed E-state index contributed by atoms with van der Waals surface area (Å²) >= 11 is 5.71. The number of piperidine rings is 1. The van der Waals surface area contributed by atoms with Crippen molar-refractivity contribution < 1.29 is 32.1 Å². The van der Waals surface area contributed by atoms with Gasteiger partial charge in [0.2, 0.25) is 17.6 Å². The van der Waals surface area contributed by atoms with Crippen LogP contribution >= 0.6 is 11.6 Å². The van der Waals surface area contributed by atoms with Gasteiger partial charge in [0.05, 0.1) is 0 Å². The van der Waals surface area contributed by atoms with Crippen LogP contribution in [-0.4, -0.2) is 34.4 Å². The number of hydrogen-bond acceptors (Lipinski definition) is 4. The third-order valence-electron chi connectivity index (χ3n) is 5.41. The maximum absolute atomic E-state index is 14.5. The molecule has 9 heteroatoms. The molecule has 0 aliphatic carbocycles. The van der Waals surface area contributed by atoms with Gasteiger partial charge in [0, 0.05) is 39.6 Å². The van der Waals surface area contributed by atoms with Crippen molar-refractivity contribution in [1.29, 1.82) is 0 Å². The lowest BCUT2D eigenvalue weighted by molar-refractivity contribution is -0.144. The molecule has 0 bridgehead atoms. The number of fused-ring (bicyclic) bond motifs is 1. The van der Waals surface area contributed by atoms with Crippen LogP contribution in [0, 0.1) is 0 Å². The van der Waals surface area contributed by atoms with E-state index < -0.39 is 60.2 Å². The molecular formula is C23H19ClF2N2O4. The van der Waals surface area contributed by atoms with E-state index >= 15 is 0 Å². The van der Waals surface area contributed by atoms with E-state index in [9.17, 15) is 28.0 Å². The topological polar surface area (TPSA) is 83.6 Å². The van der Waals surface area contributed by atoms with Gasteiger partial charge in [0.1, 0.15) is 6.04 Å². The molecule has 0 radical (unpaired) electrons. The summed E-state index contributed by atoms with van der Waals surface area (Å²) < 4.78 is 52.7. The minimum absolute atomic E-state index is 0.0223. The van der Waals surface area contributed by atoms with Gasteiger partial charge >= 0.3 is 5.92 Å².